The van der Waals surface area contributed by atoms with Gasteiger partial charge in [0.05, 0.1) is 0 Å². The molecule has 1 aliphatic carbocycles. The van der Waals surface area contributed by atoms with E-state index in [4.69, 9.17) is 11.6 Å². The smallest absolute Gasteiger partial charge is 0.253 e. The lowest BCUT2D eigenvalue weighted by atomic mass is 10.1. The van der Waals surface area contributed by atoms with Crippen LogP contribution < -0.4 is 5.32 Å². The molecule has 148 valence electrons. The van der Waals surface area contributed by atoms with Crippen molar-refractivity contribution in [2.45, 2.75) is 35.2 Å². The fourth-order valence-corrected chi connectivity index (χ4v) is 4.73. The van der Waals surface area contributed by atoms with Crippen molar-refractivity contribution in [3.05, 3.63) is 58.6 Å². The summed E-state index contributed by atoms with van der Waals surface area (Å²) in [5.74, 6) is 0.149. The molecule has 1 N–H and O–H groups in total. The van der Waals surface area contributed by atoms with E-state index in [2.05, 4.69) is 16.3 Å². The van der Waals surface area contributed by atoms with E-state index >= 15 is 0 Å². The van der Waals surface area contributed by atoms with Gasteiger partial charge in [0.2, 0.25) is 0 Å². The SMILES string of the molecule is CNCc1cc(C(=O)N2CCN(C3CC3)CC2)ccc1Sc1ccc(Cl)cc1. The molecule has 1 heterocycles. The number of nitrogens with one attached hydrogen (secondary N) is 1. The maximum absolute atomic E-state index is 13.0. The van der Waals surface area contributed by atoms with Crippen LogP contribution in [0.5, 0.6) is 0 Å². The summed E-state index contributed by atoms with van der Waals surface area (Å²) >= 11 is 7.69. The van der Waals surface area contributed by atoms with E-state index in [9.17, 15) is 4.79 Å². The zero-order valence-electron chi connectivity index (χ0n) is 16.2. The third kappa shape index (κ3) is 4.71. The van der Waals surface area contributed by atoms with Crippen LogP contribution in [0.2, 0.25) is 5.02 Å². The van der Waals surface area contributed by atoms with Crippen molar-refractivity contribution in [3.63, 3.8) is 0 Å². The predicted molar refractivity (Wildman–Crippen MR) is 115 cm³/mol. The van der Waals surface area contributed by atoms with Crippen molar-refractivity contribution in [1.29, 1.82) is 0 Å². The number of hydrogen-bond acceptors (Lipinski definition) is 4. The zero-order chi connectivity index (χ0) is 19.5. The zero-order valence-corrected chi connectivity index (χ0v) is 17.7. The molecule has 4 rings (SSSR count). The van der Waals surface area contributed by atoms with Gasteiger partial charge in [0.25, 0.3) is 5.91 Å². The Kier molecular flexibility index (Phi) is 6.26. The summed E-state index contributed by atoms with van der Waals surface area (Å²) in [6.07, 6.45) is 2.65. The molecule has 28 heavy (non-hydrogen) atoms. The molecule has 1 saturated carbocycles. The third-order valence-electron chi connectivity index (χ3n) is 5.38. The van der Waals surface area contributed by atoms with Crippen molar-refractivity contribution in [1.82, 2.24) is 15.1 Å². The van der Waals surface area contributed by atoms with E-state index in [0.29, 0.717) is 0 Å². The Labute approximate surface area is 176 Å². The van der Waals surface area contributed by atoms with Crippen LogP contribution in [0.4, 0.5) is 0 Å². The molecule has 0 bridgehead atoms. The molecule has 2 fully saturated rings. The van der Waals surface area contributed by atoms with Gasteiger partial charge in [-0.1, -0.05) is 23.4 Å². The quantitative estimate of drug-likeness (QED) is 0.769. The summed E-state index contributed by atoms with van der Waals surface area (Å²) in [7, 11) is 1.93. The number of nitrogens with zero attached hydrogens (tertiary/aromatic N) is 2. The maximum atomic E-state index is 13.0. The van der Waals surface area contributed by atoms with Crippen molar-refractivity contribution in [2.24, 2.45) is 0 Å². The van der Waals surface area contributed by atoms with Crippen LogP contribution in [0.1, 0.15) is 28.8 Å². The summed E-state index contributed by atoms with van der Waals surface area (Å²) in [6, 6.07) is 14.7. The molecule has 0 aromatic heterocycles. The minimum atomic E-state index is 0.149. The Balaban J connectivity index is 1.47. The Morgan fingerprint density at radius 3 is 2.46 bits per heavy atom. The van der Waals surface area contributed by atoms with Crippen LogP contribution in [0, 0.1) is 0 Å². The monoisotopic (exact) mass is 415 g/mol. The minimum Gasteiger partial charge on any atom is -0.336 e. The molecule has 2 aliphatic rings. The molecule has 0 spiro atoms. The highest BCUT2D eigenvalue weighted by Gasteiger charge is 2.32. The third-order valence-corrected chi connectivity index (χ3v) is 6.76. The first-order valence-corrected chi connectivity index (χ1v) is 11.1. The first-order chi connectivity index (χ1) is 13.6. The molecule has 1 amide bonds. The number of rotatable bonds is 6. The summed E-state index contributed by atoms with van der Waals surface area (Å²) < 4.78 is 0. The molecule has 2 aromatic carbocycles. The largest absolute Gasteiger partial charge is 0.336 e. The number of hydrogen-bond donors (Lipinski definition) is 1. The number of carbonyl (C=O) groups is 1. The molecule has 0 atom stereocenters. The number of carbonyl (C=O) groups excluding carboxylic acids is 1. The van der Waals surface area contributed by atoms with Gasteiger partial charge in [-0.25, -0.2) is 0 Å². The lowest BCUT2D eigenvalue weighted by Crippen LogP contribution is -2.49. The van der Waals surface area contributed by atoms with Crippen LogP contribution in [-0.4, -0.2) is 55.0 Å². The highest BCUT2D eigenvalue weighted by Crippen LogP contribution is 2.32. The molecule has 4 nitrogen and oxygen atoms in total. The molecule has 1 aliphatic heterocycles. The summed E-state index contributed by atoms with van der Waals surface area (Å²) in [4.78, 5) is 19.8. The predicted octanol–water partition coefficient (Wildman–Crippen LogP) is 4.13. The average Bonchev–Trinajstić information content (AvgIpc) is 3.56. The van der Waals surface area contributed by atoms with Gasteiger partial charge in [0, 0.05) is 59.1 Å². The van der Waals surface area contributed by atoms with Crippen LogP contribution in [0.25, 0.3) is 0 Å². The highest BCUT2D eigenvalue weighted by atomic mass is 35.5. The minimum absolute atomic E-state index is 0.149. The van der Waals surface area contributed by atoms with Gasteiger partial charge in [-0.2, -0.15) is 0 Å². The second kappa shape index (κ2) is 8.87. The van der Waals surface area contributed by atoms with E-state index in [0.717, 1.165) is 64.7 Å². The summed E-state index contributed by atoms with van der Waals surface area (Å²) in [5.41, 5.74) is 1.93. The van der Waals surface area contributed by atoms with E-state index < -0.39 is 0 Å². The van der Waals surface area contributed by atoms with Crippen LogP contribution >= 0.6 is 23.4 Å². The van der Waals surface area contributed by atoms with Crippen molar-refractivity contribution in [2.75, 3.05) is 33.2 Å². The molecular formula is C22H26ClN3OS. The first-order valence-electron chi connectivity index (χ1n) is 9.88. The topological polar surface area (TPSA) is 35.6 Å². The van der Waals surface area contributed by atoms with E-state index in [1.165, 1.54) is 12.8 Å². The highest BCUT2D eigenvalue weighted by molar-refractivity contribution is 7.99. The Hall–Kier alpha value is -1.53. The van der Waals surface area contributed by atoms with Crippen LogP contribution in [0.15, 0.2) is 52.3 Å². The lowest BCUT2D eigenvalue weighted by molar-refractivity contribution is 0.0627. The average molecular weight is 416 g/mol. The van der Waals surface area contributed by atoms with Crippen LogP contribution in [0.3, 0.4) is 0 Å². The van der Waals surface area contributed by atoms with E-state index in [1.807, 2.05) is 48.3 Å². The van der Waals surface area contributed by atoms with Crippen molar-refractivity contribution < 1.29 is 4.79 Å². The first kappa shape index (κ1) is 19.8. The summed E-state index contributed by atoms with van der Waals surface area (Å²) in [6.45, 7) is 4.40. The fraction of sp³-hybridized carbons (Fsp3) is 0.409. The van der Waals surface area contributed by atoms with E-state index in [1.54, 1.807) is 11.8 Å². The molecule has 1 saturated heterocycles. The van der Waals surface area contributed by atoms with Gasteiger partial charge in [0.1, 0.15) is 0 Å². The standard InChI is InChI=1S/C22H26ClN3OS/c1-24-15-17-14-16(2-9-21(17)28-20-7-3-18(23)4-8-20)22(27)26-12-10-25(11-13-26)19-5-6-19/h2-4,7-9,14,19,24H,5-6,10-13,15H2,1H3. The maximum Gasteiger partial charge on any atom is 0.253 e. The Morgan fingerprint density at radius 1 is 1.11 bits per heavy atom. The van der Waals surface area contributed by atoms with E-state index in [-0.39, 0.29) is 5.91 Å². The number of halogens is 1. The van der Waals surface area contributed by atoms with Crippen molar-refractivity contribution in [3.8, 4) is 0 Å². The van der Waals surface area contributed by atoms with Gasteiger partial charge >= 0.3 is 0 Å². The number of amides is 1. The van der Waals surface area contributed by atoms with Crippen molar-refractivity contribution >= 4 is 29.3 Å². The number of benzene rings is 2. The van der Waals surface area contributed by atoms with Gasteiger partial charge < -0.3 is 10.2 Å². The second-order valence-corrected chi connectivity index (χ2v) is 9.02. The molecule has 0 unspecified atom stereocenters. The lowest BCUT2D eigenvalue weighted by Gasteiger charge is -2.35. The fourth-order valence-electron chi connectivity index (χ4n) is 3.68. The molecule has 2 aromatic rings. The second-order valence-electron chi connectivity index (χ2n) is 7.47. The van der Waals surface area contributed by atoms with Crippen LogP contribution in [-0.2, 0) is 6.54 Å². The summed E-state index contributed by atoms with van der Waals surface area (Å²) in [5, 5.41) is 3.96. The van der Waals surface area contributed by atoms with Gasteiger partial charge in [-0.05, 0) is 67.9 Å². The van der Waals surface area contributed by atoms with Gasteiger partial charge in [-0.3, -0.25) is 9.69 Å². The van der Waals surface area contributed by atoms with Gasteiger partial charge in [0.15, 0.2) is 0 Å². The molecule has 0 radical (unpaired) electrons. The number of piperazine rings is 1. The normalized spacial score (nSPS) is 17.7. The molecular weight excluding hydrogens is 390 g/mol. The Morgan fingerprint density at radius 2 is 1.82 bits per heavy atom. The van der Waals surface area contributed by atoms with Gasteiger partial charge in [-0.15, -0.1) is 0 Å². The molecule has 6 heteroatoms. The Bertz CT molecular complexity index is 830.